The average Bonchev–Trinajstić information content (AvgIpc) is 2.41. The predicted molar refractivity (Wildman–Crippen MR) is 59.1 cm³/mol. The molecule has 4 heteroatoms. The van der Waals surface area contributed by atoms with Gasteiger partial charge in [0.05, 0.1) is 5.92 Å². The molecule has 4 aliphatic rings. The maximum atomic E-state index is 11.8. The van der Waals surface area contributed by atoms with E-state index >= 15 is 0 Å². The summed E-state index contributed by atoms with van der Waals surface area (Å²) in [5, 5.41) is 0. The highest BCUT2D eigenvalue weighted by atomic mass is 16.6. The molecule has 4 unspecified atom stereocenters. The van der Waals surface area contributed by atoms with E-state index < -0.39 is 5.60 Å². The fourth-order valence-corrected chi connectivity index (χ4v) is 3.81. The molecular formula is C13H18O4. The van der Waals surface area contributed by atoms with E-state index in [4.69, 9.17) is 9.47 Å². The van der Waals surface area contributed by atoms with Gasteiger partial charge >= 0.3 is 11.9 Å². The molecule has 2 heterocycles. The maximum Gasteiger partial charge on any atom is 0.309 e. The van der Waals surface area contributed by atoms with Gasteiger partial charge < -0.3 is 9.47 Å². The summed E-state index contributed by atoms with van der Waals surface area (Å²) < 4.78 is 11.1. The fourth-order valence-electron chi connectivity index (χ4n) is 3.81. The van der Waals surface area contributed by atoms with Gasteiger partial charge in [-0.1, -0.05) is 6.92 Å². The van der Waals surface area contributed by atoms with Crippen LogP contribution in [0.5, 0.6) is 0 Å². The Morgan fingerprint density at radius 3 is 3.00 bits per heavy atom. The van der Waals surface area contributed by atoms with Crippen molar-refractivity contribution in [2.45, 2.75) is 57.2 Å². The first-order valence-corrected chi connectivity index (χ1v) is 6.52. The molecule has 2 aliphatic heterocycles. The summed E-state index contributed by atoms with van der Waals surface area (Å²) in [5.74, 6) is 0.209. The highest BCUT2D eigenvalue weighted by molar-refractivity contribution is 5.74. The van der Waals surface area contributed by atoms with E-state index in [-0.39, 0.29) is 24.0 Å². The molecule has 0 radical (unpaired) electrons. The van der Waals surface area contributed by atoms with Crippen LogP contribution < -0.4 is 0 Å². The van der Waals surface area contributed by atoms with Crippen molar-refractivity contribution < 1.29 is 19.1 Å². The lowest BCUT2D eigenvalue weighted by Gasteiger charge is -2.45. The van der Waals surface area contributed by atoms with Crippen LogP contribution in [0.4, 0.5) is 0 Å². The first-order chi connectivity index (χ1) is 8.10. The Morgan fingerprint density at radius 1 is 1.41 bits per heavy atom. The van der Waals surface area contributed by atoms with Crippen LogP contribution in [0, 0.1) is 11.8 Å². The Morgan fingerprint density at radius 2 is 2.24 bits per heavy atom. The van der Waals surface area contributed by atoms with Gasteiger partial charge in [0.1, 0.15) is 11.7 Å². The van der Waals surface area contributed by atoms with Crippen molar-refractivity contribution in [2.24, 2.45) is 11.8 Å². The second kappa shape index (κ2) is 3.72. The third-order valence-electron chi connectivity index (χ3n) is 4.33. The normalized spacial score (nSPS) is 43.1. The Kier molecular flexibility index (Phi) is 2.42. The van der Waals surface area contributed by atoms with Crippen LogP contribution in [0.15, 0.2) is 0 Å². The zero-order chi connectivity index (χ0) is 12.0. The van der Waals surface area contributed by atoms with Gasteiger partial charge in [0.2, 0.25) is 0 Å². The van der Waals surface area contributed by atoms with Gasteiger partial charge in [0, 0.05) is 19.3 Å². The van der Waals surface area contributed by atoms with Gasteiger partial charge in [-0.05, 0) is 25.2 Å². The molecule has 2 saturated carbocycles. The number of carbonyl (C=O) groups excluding carboxylic acids is 2. The van der Waals surface area contributed by atoms with Crippen LogP contribution in [0.1, 0.15) is 45.4 Å². The molecule has 0 spiro atoms. The monoisotopic (exact) mass is 238 g/mol. The van der Waals surface area contributed by atoms with E-state index in [1.165, 1.54) is 0 Å². The molecular weight excluding hydrogens is 220 g/mol. The van der Waals surface area contributed by atoms with Crippen LogP contribution >= 0.6 is 0 Å². The smallest absolute Gasteiger partial charge is 0.309 e. The summed E-state index contributed by atoms with van der Waals surface area (Å²) in [5.41, 5.74) is -0.407. The van der Waals surface area contributed by atoms with Crippen LogP contribution in [0.25, 0.3) is 0 Å². The highest BCUT2D eigenvalue weighted by Crippen LogP contribution is 2.51. The SMILES string of the molecule is CCC(=O)OC12CC3CC(C1)OC(=O)C(C3)C2. The molecule has 17 heavy (non-hydrogen) atoms. The van der Waals surface area contributed by atoms with Crippen LogP contribution in [-0.4, -0.2) is 23.6 Å². The van der Waals surface area contributed by atoms with Gasteiger partial charge in [-0.2, -0.15) is 0 Å². The zero-order valence-corrected chi connectivity index (χ0v) is 10.1. The molecule has 2 aliphatic carbocycles. The van der Waals surface area contributed by atoms with Crippen molar-refractivity contribution in [3.63, 3.8) is 0 Å². The molecule has 4 bridgehead atoms. The van der Waals surface area contributed by atoms with Crippen LogP contribution in [0.2, 0.25) is 0 Å². The van der Waals surface area contributed by atoms with Crippen molar-refractivity contribution in [1.29, 1.82) is 0 Å². The van der Waals surface area contributed by atoms with Gasteiger partial charge in [0.15, 0.2) is 0 Å². The Labute approximate surface area is 101 Å². The molecule has 0 amide bonds. The quantitative estimate of drug-likeness (QED) is 0.688. The Bertz CT molecular complexity index is 364. The molecule has 0 aromatic carbocycles. The number of hydrogen-bond donors (Lipinski definition) is 0. The predicted octanol–water partition coefficient (Wildman–Crippen LogP) is 1.81. The van der Waals surface area contributed by atoms with Gasteiger partial charge in [-0.15, -0.1) is 0 Å². The van der Waals surface area contributed by atoms with Crippen LogP contribution in [0.3, 0.4) is 0 Å². The summed E-state index contributed by atoms with van der Waals surface area (Å²) in [7, 11) is 0. The molecule has 4 rings (SSSR count). The first-order valence-electron chi connectivity index (χ1n) is 6.52. The van der Waals surface area contributed by atoms with E-state index in [9.17, 15) is 9.59 Å². The Hall–Kier alpha value is -1.06. The lowest BCUT2D eigenvalue weighted by atomic mass is 9.65. The van der Waals surface area contributed by atoms with E-state index in [0.29, 0.717) is 25.2 Å². The van der Waals surface area contributed by atoms with E-state index in [2.05, 4.69) is 0 Å². The number of ether oxygens (including phenoxy) is 2. The van der Waals surface area contributed by atoms with Crippen molar-refractivity contribution in [3.8, 4) is 0 Å². The summed E-state index contributed by atoms with van der Waals surface area (Å²) in [6.07, 6.45) is 4.54. The minimum Gasteiger partial charge on any atom is -0.462 e. The molecule has 4 fully saturated rings. The summed E-state index contributed by atoms with van der Waals surface area (Å²) in [4.78, 5) is 23.3. The van der Waals surface area contributed by atoms with Gasteiger partial charge in [0.25, 0.3) is 0 Å². The Balaban J connectivity index is 1.87. The standard InChI is InChI=1S/C13H18O4/c1-2-11(14)17-13-5-8-3-9(6-13)12(15)16-10(4-8)7-13/h8-10H,2-7H2,1H3. The molecule has 0 aromatic rings. The third-order valence-corrected chi connectivity index (χ3v) is 4.33. The summed E-state index contributed by atoms with van der Waals surface area (Å²) in [6.45, 7) is 1.80. The van der Waals surface area contributed by atoms with Crippen molar-refractivity contribution in [2.75, 3.05) is 0 Å². The number of rotatable bonds is 2. The topological polar surface area (TPSA) is 52.6 Å². The number of fused-ring (bicyclic) bond motifs is 1. The van der Waals surface area contributed by atoms with Crippen LogP contribution in [-0.2, 0) is 19.1 Å². The lowest BCUT2D eigenvalue weighted by Crippen LogP contribution is -2.48. The maximum absolute atomic E-state index is 11.8. The molecule has 4 nitrogen and oxygen atoms in total. The van der Waals surface area contributed by atoms with E-state index in [1.807, 2.05) is 0 Å². The van der Waals surface area contributed by atoms with Crippen molar-refractivity contribution >= 4 is 11.9 Å². The first kappa shape index (κ1) is 11.1. The average molecular weight is 238 g/mol. The molecule has 4 atom stereocenters. The molecule has 94 valence electrons. The largest absolute Gasteiger partial charge is 0.462 e. The van der Waals surface area contributed by atoms with Gasteiger partial charge in [-0.25, -0.2) is 0 Å². The highest BCUT2D eigenvalue weighted by Gasteiger charge is 2.54. The minimum atomic E-state index is -0.407. The van der Waals surface area contributed by atoms with Crippen molar-refractivity contribution in [3.05, 3.63) is 0 Å². The second-order valence-electron chi connectivity index (χ2n) is 5.72. The van der Waals surface area contributed by atoms with Crippen molar-refractivity contribution in [1.82, 2.24) is 0 Å². The third kappa shape index (κ3) is 1.83. The van der Waals surface area contributed by atoms with E-state index in [0.717, 1.165) is 19.3 Å². The van der Waals surface area contributed by atoms with E-state index in [1.54, 1.807) is 6.92 Å². The summed E-state index contributed by atoms with van der Waals surface area (Å²) >= 11 is 0. The number of carbonyl (C=O) groups is 2. The molecule has 2 saturated heterocycles. The zero-order valence-electron chi connectivity index (χ0n) is 10.1. The lowest BCUT2D eigenvalue weighted by molar-refractivity contribution is -0.173. The summed E-state index contributed by atoms with van der Waals surface area (Å²) in [6, 6.07) is 0. The molecule has 0 N–H and O–H groups in total. The second-order valence-corrected chi connectivity index (χ2v) is 5.72. The minimum absolute atomic E-state index is 0.0293. The molecule has 0 aromatic heterocycles. The number of esters is 2. The number of hydrogen-bond acceptors (Lipinski definition) is 4. The fraction of sp³-hybridized carbons (Fsp3) is 0.846. The van der Waals surface area contributed by atoms with Gasteiger partial charge in [-0.3, -0.25) is 9.59 Å².